The summed E-state index contributed by atoms with van der Waals surface area (Å²) >= 11 is 1.64. The average molecular weight is 325 g/mol. The van der Waals surface area contributed by atoms with E-state index in [-0.39, 0.29) is 11.2 Å². The van der Waals surface area contributed by atoms with Crippen LogP contribution in [-0.4, -0.2) is 11.2 Å². The van der Waals surface area contributed by atoms with Gasteiger partial charge in [-0.05, 0) is 61.9 Å². The molecule has 1 aliphatic carbocycles. The van der Waals surface area contributed by atoms with Crippen LogP contribution in [0.4, 0.5) is 0 Å². The number of hydrogen-bond acceptors (Lipinski definition) is 2. The van der Waals surface area contributed by atoms with Crippen molar-refractivity contribution in [3.63, 3.8) is 0 Å². The van der Waals surface area contributed by atoms with Gasteiger partial charge in [0, 0.05) is 11.4 Å². The van der Waals surface area contributed by atoms with Gasteiger partial charge in [-0.3, -0.25) is 4.79 Å². The number of carbonyl (C=O) groups excluding carboxylic acids is 1. The second kappa shape index (κ2) is 7.22. The van der Waals surface area contributed by atoms with Gasteiger partial charge < -0.3 is 5.32 Å². The first-order valence-corrected chi connectivity index (χ1v) is 9.11. The first-order valence-electron chi connectivity index (χ1n) is 8.23. The van der Waals surface area contributed by atoms with Crippen molar-refractivity contribution in [2.75, 3.05) is 0 Å². The highest BCUT2D eigenvalue weighted by molar-refractivity contribution is 8.00. The van der Waals surface area contributed by atoms with Gasteiger partial charge in [0.25, 0.3) is 0 Å². The normalized spacial score (nSPS) is 14.3. The smallest absolute Gasteiger partial charge is 0.233 e. The molecule has 1 N–H and O–H groups in total. The Labute approximate surface area is 142 Å². The molecular weight excluding hydrogens is 302 g/mol. The van der Waals surface area contributed by atoms with Crippen molar-refractivity contribution in [3.8, 4) is 0 Å². The summed E-state index contributed by atoms with van der Waals surface area (Å²) in [5.41, 5.74) is 5.31. The van der Waals surface area contributed by atoms with Crippen LogP contribution >= 0.6 is 11.8 Å². The van der Waals surface area contributed by atoms with E-state index in [1.165, 1.54) is 40.8 Å². The third-order valence-corrected chi connectivity index (χ3v) is 5.43. The Balaban J connectivity index is 1.54. The lowest BCUT2D eigenvalue weighted by atomic mass is 10.1. The van der Waals surface area contributed by atoms with Gasteiger partial charge in [0.15, 0.2) is 0 Å². The lowest BCUT2D eigenvalue weighted by molar-refractivity contribution is -0.120. The van der Waals surface area contributed by atoms with Gasteiger partial charge in [0.1, 0.15) is 0 Å². The molecular formula is C20H23NOS. The zero-order valence-corrected chi connectivity index (χ0v) is 14.6. The van der Waals surface area contributed by atoms with Crippen LogP contribution in [0.5, 0.6) is 0 Å². The van der Waals surface area contributed by atoms with E-state index in [0.717, 1.165) is 5.56 Å². The molecule has 0 heterocycles. The summed E-state index contributed by atoms with van der Waals surface area (Å²) in [5.74, 6) is 0.0936. The predicted molar refractivity (Wildman–Crippen MR) is 96.8 cm³/mol. The maximum atomic E-state index is 12.3. The number of benzene rings is 2. The Morgan fingerprint density at radius 1 is 1.13 bits per heavy atom. The fourth-order valence-electron chi connectivity index (χ4n) is 2.92. The van der Waals surface area contributed by atoms with Gasteiger partial charge in [0.2, 0.25) is 5.91 Å². The summed E-state index contributed by atoms with van der Waals surface area (Å²) in [6, 6.07) is 14.9. The molecule has 0 radical (unpaired) electrons. The number of hydrogen-bond donors (Lipinski definition) is 1. The fraction of sp³-hybridized carbons (Fsp3) is 0.350. The van der Waals surface area contributed by atoms with Crippen LogP contribution in [-0.2, 0) is 24.2 Å². The molecule has 0 aliphatic heterocycles. The van der Waals surface area contributed by atoms with E-state index >= 15 is 0 Å². The molecule has 3 rings (SSSR count). The van der Waals surface area contributed by atoms with E-state index in [2.05, 4.69) is 54.7 Å². The van der Waals surface area contributed by atoms with Gasteiger partial charge in [-0.1, -0.05) is 35.9 Å². The summed E-state index contributed by atoms with van der Waals surface area (Å²) in [6.07, 6.45) is 3.64. The van der Waals surface area contributed by atoms with Gasteiger partial charge in [-0.25, -0.2) is 0 Å². The third kappa shape index (κ3) is 4.17. The molecule has 3 heteroatoms. The average Bonchev–Trinajstić information content (AvgIpc) is 3.01. The van der Waals surface area contributed by atoms with Crippen LogP contribution in [0.3, 0.4) is 0 Å². The molecule has 1 amide bonds. The Morgan fingerprint density at radius 3 is 2.65 bits per heavy atom. The predicted octanol–water partition coefficient (Wildman–Crippen LogP) is 4.28. The van der Waals surface area contributed by atoms with E-state index in [4.69, 9.17) is 0 Å². The number of rotatable bonds is 5. The van der Waals surface area contributed by atoms with Crippen molar-refractivity contribution < 1.29 is 4.79 Å². The summed E-state index contributed by atoms with van der Waals surface area (Å²) in [7, 11) is 0. The van der Waals surface area contributed by atoms with E-state index in [1.54, 1.807) is 11.8 Å². The minimum Gasteiger partial charge on any atom is -0.351 e. The highest BCUT2D eigenvalue weighted by Crippen LogP contribution is 2.29. The third-order valence-electron chi connectivity index (χ3n) is 4.34. The van der Waals surface area contributed by atoms with Crippen molar-refractivity contribution in [1.29, 1.82) is 0 Å². The number of thioether (sulfide) groups is 1. The molecule has 2 aromatic carbocycles. The Bertz CT molecular complexity index is 693. The minimum absolute atomic E-state index is 0.0834. The molecule has 0 spiro atoms. The molecule has 0 fully saturated rings. The molecule has 1 atom stereocenters. The van der Waals surface area contributed by atoms with Gasteiger partial charge in [-0.2, -0.15) is 0 Å². The van der Waals surface area contributed by atoms with Gasteiger partial charge in [-0.15, -0.1) is 11.8 Å². The number of amides is 1. The Morgan fingerprint density at radius 2 is 1.87 bits per heavy atom. The Kier molecular flexibility index (Phi) is 5.06. The summed E-state index contributed by atoms with van der Waals surface area (Å²) in [5, 5.41) is 2.95. The van der Waals surface area contributed by atoms with Crippen molar-refractivity contribution >= 4 is 17.7 Å². The highest BCUT2D eigenvalue weighted by atomic mass is 32.2. The van der Waals surface area contributed by atoms with Crippen molar-refractivity contribution in [3.05, 3.63) is 64.7 Å². The first kappa shape index (κ1) is 16.1. The first-order chi connectivity index (χ1) is 11.1. The number of aryl methyl sites for hydroxylation is 3. The maximum absolute atomic E-state index is 12.3. The van der Waals surface area contributed by atoms with Gasteiger partial charge >= 0.3 is 0 Å². The molecule has 0 aromatic heterocycles. The van der Waals surface area contributed by atoms with Crippen molar-refractivity contribution in [1.82, 2.24) is 5.32 Å². The van der Waals surface area contributed by atoms with Gasteiger partial charge in [0.05, 0.1) is 5.25 Å². The van der Waals surface area contributed by atoms with Crippen LogP contribution in [0.15, 0.2) is 47.4 Å². The lowest BCUT2D eigenvalue weighted by Gasteiger charge is -2.13. The van der Waals surface area contributed by atoms with Crippen LogP contribution in [0, 0.1) is 6.92 Å². The van der Waals surface area contributed by atoms with Crippen molar-refractivity contribution in [2.24, 2.45) is 0 Å². The van der Waals surface area contributed by atoms with Crippen LogP contribution < -0.4 is 5.32 Å². The Hall–Kier alpha value is -1.74. The number of carbonyl (C=O) groups is 1. The molecule has 0 saturated carbocycles. The van der Waals surface area contributed by atoms with E-state index < -0.39 is 0 Å². The molecule has 0 saturated heterocycles. The molecule has 0 unspecified atom stereocenters. The molecule has 2 nitrogen and oxygen atoms in total. The van der Waals surface area contributed by atoms with E-state index in [0.29, 0.717) is 6.54 Å². The summed E-state index contributed by atoms with van der Waals surface area (Å²) < 4.78 is 0. The van der Waals surface area contributed by atoms with E-state index in [9.17, 15) is 4.79 Å². The van der Waals surface area contributed by atoms with Crippen LogP contribution in [0.25, 0.3) is 0 Å². The minimum atomic E-state index is -0.0834. The topological polar surface area (TPSA) is 29.1 Å². The molecule has 1 aliphatic rings. The molecule has 2 aromatic rings. The number of fused-ring (bicyclic) bond motifs is 1. The second-order valence-corrected chi connectivity index (χ2v) is 7.66. The zero-order chi connectivity index (χ0) is 16.2. The number of nitrogens with one attached hydrogen (secondary N) is 1. The van der Waals surface area contributed by atoms with E-state index in [1.807, 2.05) is 6.92 Å². The van der Waals surface area contributed by atoms with Crippen molar-refractivity contribution in [2.45, 2.75) is 49.8 Å². The van der Waals surface area contributed by atoms with Crippen LogP contribution in [0.2, 0.25) is 0 Å². The SMILES string of the molecule is Cc1ccc(CNC(=O)[C@H](C)Sc2ccc3c(c2)CCC3)cc1. The second-order valence-electron chi connectivity index (χ2n) is 6.25. The molecule has 0 bridgehead atoms. The van der Waals surface area contributed by atoms with Crippen LogP contribution in [0.1, 0.15) is 35.6 Å². The lowest BCUT2D eigenvalue weighted by Crippen LogP contribution is -2.30. The maximum Gasteiger partial charge on any atom is 0.233 e. The zero-order valence-electron chi connectivity index (χ0n) is 13.8. The standard InChI is InChI=1S/C20H23NOS/c1-14-6-8-16(9-7-14)13-21-20(22)15(2)23-19-11-10-17-4-3-5-18(17)12-19/h6-12,15H,3-5,13H2,1-2H3,(H,21,22)/t15-/m0/s1. The summed E-state index contributed by atoms with van der Waals surface area (Å²) in [6.45, 7) is 4.63. The highest BCUT2D eigenvalue weighted by Gasteiger charge is 2.16. The molecule has 23 heavy (non-hydrogen) atoms. The monoisotopic (exact) mass is 325 g/mol. The fourth-order valence-corrected chi connectivity index (χ4v) is 3.87. The summed E-state index contributed by atoms with van der Waals surface area (Å²) in [4.78, 5) is 13.5. The quantitative estimate of drug-likeness (QED) is 0.831. The largest absolute Gasteiger partial charge is 0.351 e. The molecule has 120 valence electrons.